The predicted molar refractivity (Wildman–Crippen MR) is 174 cm³/mol. The maximum atomic E-state index is 15.1. The van der Waals surface area contributed by atoms with Crippen molar-refractivity contribution in [3.8, 4) is 0 Å². The molecular formula is C37H41FN4O2. The van der Waals surface area contributed by atoms with Crippen LogP contribution in [0.25, 0.3) is 0 Å². The van der Waals surface area contributed by atoms with Gasteiger partial charge in [0, 0.05) is 42.3 Å². The van der Waals surface area contributed by atoms with E-state index in [1.807, 2.05) is 36.4 Å². The van der Waals surface area contributed by atoms with Crippen molar-refractivity contribution in [3.05, 3.63) is 131 Å². The van der Waals surface area contributed by atoms with Gasteiger partial charge < -0.3 is 15.5 Å². The molecule has 3 aromatic rings. The predicted octanol–water partition coefficient (Wildman–Crippen LogP) is 5.80. The molecule has 1 atom stereocenters. The quantitative estimate of drug-likeness (QED) is 0.206. The highest BCUT2D eigenvalue weighted by molar-refractivity contribution is 6.15. The summed E-state index contributed by atoms with van der Waals surface area (Å²) in [6, 6.07) is 25.9. The second-order valence-corrected chi connectivity index (χ2v) is 12.4. The first-order valence-corrected chi connectivity index (χ1v) is 15.4. The summed E-state index contributed by atoms with van der Waals surface area (Å²) in [5, 5.41) is 6.55. The molecular weight excluding hydrogens is 551 g/mol. The number of nitrogens with zero attached hydrogens (tertiary/aromatic N) is 2. The summed E-state index contributed by atoms with van der Waals surface area (Å²) >= 11 is 0. The smallest absolute Gasteiger partial charge is 0.251 e. The third-order valence-corrected chi connectivity index (χ3v) is 7.99. The van der Waals surface area contributed by atoms with Gasteiger partial charge in [-0.05, 0) is 48.6 Å². The SMILES string of the molecule is CC(C)(C)C1=NC2=CC(=O)C(C(=O)NCCCc3ccccc3)N2C(Cc2ccccc2F)=C1CNCCc1ccccc1. The largest absolute Gasteiger partial charge is 0.354 e. The summed E-state index contributed by atoms with van der Waals surface area (Å²) in [7, 11) is 0. The molecule has 2 aliphatic rings. The number of halogens is 1. The fourth-order valence-electron chi connectivity index (χ4n) is 5.78. The molecule has 2 heterocycles. The van der Waals surface area contributed by atoms with E-state index in [1.54, 1.807) is 23.1 Å². The zero-order valence-corrected chi connectivity index (χ0v) is 25.8. The van der Waals surface area contributed by atoms with Gasteiger partial charge in [0.05, 0.1) is 5.71 Å². The number of ketones is 1. The van der Waals surface area contributed by atoms with Gasteiger partial charge in [-0.15, -0.1) is 0 Å². The second kappa shape index (κ2) is 14.0. The van der Waals surface area contributed by atoms with Crippen molar-refractivity contribution in [1.82, 2.24) is 15.5 Å². The molecule has 0 aliphatic carbocycles. The third kappa shape index (κ3) is 7.40. The lowest BCUT2D eigenvalue weighted by Crippen LogP contribution is -2.49. The molecule has 0 radical (unpaired) electrons. The first-order chi connectivity index (χ1) is 21.2. The van der Waals surface area contributed by atoms with Crippen LogP contribution >= 0.6 is 0 Å². The van der Waals surface area contributed by atoms with Gasteiger partial charge in [0.25, 0.3) is 5.91 Å². The topological polar surface area (TPSA) is 73.8 Å². The number of fused-ring (bicyclic) bond motifs is 1. The lowest BCUT2D eigenvalue weighted by molar-refractivity contribution is -0.131. The minimum atomic E-state index is -1.09. The molecule has 44 heavy (non-hydrogen) atoms. The van der Waals surface area contributed by atoms with Crippen molar-refractivity contribution in [1.29, 1.82) is 0 Å². The van der Waals surface area contributed by atoms with E-state index in [1.165, 1.54) is 23.3 Å². The number of allylic oxidation sites excluding steroid dienone is 1. The molecule has 228 valence electrons. The Hall–Kier alpha value is -4.36. The number of aliphatic imine (C=N–C) groups is 1. The number of rotatable bonds is 12. The number of aryl methyl sites for hydroxylation is 1. The fourth-order valence-corrected chi connectivity index (χ4v) is 5.78. The standard InChI is InChI=1S/C37H41FN4O2/c1-37(2,3)35-29(25-39-22-20-27-15-8-5-9-16-27)31(23-28-18-10-11-19-30(28)38)42-33(41-35)24-32(43)34(42)36(44)40-21-12-17-26-13-6-4-7-14-26/h4-11,13-16,18-19,24,34,39H,12,17,20-23,25H2,1-3H3,(H,40,44). The van der Waals surface area contributed by atoms with Crippen LogP contribution in [0.3, 0.4) is 0 Å². The maximum Gasteiger partial charge on any atom is 0.251 e. The van der Waals surface area contributed by atoms with Gasteiger partial charge in [0.2, 0.25) is 0 Å². The van der Waals surface area contributed by atoms with Gasteiger partial charge >= 0.3 is 0 Å². The summed E-state index contributed by atoms with van der Waals surface area (Å²) in [5.41, 5.74) is 5.02. The highest BCUT2D eigenvalue weighted by atomic mass is 19.1. The lowest BCUT2D eigenvalue weighted by Gasteiger charge is -2.38. The maximum absolute atomic E-state index is 15.1. The van der Waals surface area contributed by atoms with Crippen molar-refractivity contribution in [2.75, 3.05) is 19.6 Å². The van der Waals surface area contributed by atoms with Crippen LogP contribution in [0, 0.1) is 11.2 Å². The zero-order chi connectivity index (χ0) is 31.1. The van der Waals surface area contributed by atoms with E-state index in [0.29, 0.717) is 24.5 Å². The van der Waals surface area contributed by atoms with E-state index in [4.69, 9.17) is 4.99 Å². The van der Waals surface area contributed by atoms with Crippen LogP contribution in [-0.4, -0.2) is 48.0 Å². The van der Waals surface area contributed by atoms with Crippen LogP contribution in [0.15, 0.2) is 113 Å². The van der Waals surface area contributed by atoms with E-state index < -0.39 is 6.04 Å². The van der Waals surface area contributed by atoms with E-state index in [9.17, 15) is 9.59 Å². The molecule has 2 aliphatic heterocycles. The van der Waals surface area contributed by atoms with Crippen LogP contribution in [0.1, 0.15) is 43.9 Å². The third-order valence-electron chi connectivity index (χ3n) is 7.99. The molecule has 7 heteroatoms. The van der Waals surface area contributed by atoms with E-state index in [2.05, 4.69) is 55.7 Å². The second-order valence-electron chi connectivity index (χ2n) is 12.4. The van der Waals surface area contributed by atoms with Crippen molar-refractivity contribution < 1.29 is 14.0 Å². The van der Waals surface area contributed by atoms with Gasteiger partial charge in [-0.3, -0.25) is 9.59 Å². The number of amides is 1. The number of carbonyl (C=O) groups excluding carboxylic acids is 2. The molecule has 0 aromatic heterocycles. The number of nitrogens with one attached hydrogen (secondary N) is 2. The Morgan fingerprint density at radius 2 is 1.52 bits per heavy atom. The lowest BCUT2D eigenvalue weighted by atomic mass is 9.82. The first kappa shape index (κ1) is 31.1. The minimum Gasteiger partial charge on any atom is -0.354 e. The van der Waals surface area contributed by atoms with Crippen molar-refractivity contribution in [2.45, 2.75) is 52.5 Å². The molecule has 3 aromatic carbocycles. The van der Waals surface area contributed by atoms with Crippen LogP contribution in [0.2, 0.25) is 0 Å². The molecule has 6 nitrogen and oxygen atoms in total. The summed E-state index contributed by atoms with van der Waals surface area (Å²) in [5.74, 6) is -0.578. The van der Waals surface area contributed by atoms with Gasteiger partial charge in [0.1, 0.15) is 11.6 Å². The van der Waals surface area contributed by atoms with E-state index in [-0.39, 0.29) is 29.3 Å². The monoisotopic (exact) mass is 592 g/mol. The van der Waals surface area contributed by atoms with Crippen molar-refractivity contribution in [2.24, 2.45) is 10.4 Å². The highest BCUT2D eigenvalue weighted by Gasteiger charge is 2.45. The minimum absolute atomic E-state index is 0.222. The number of hydrogen-bond donors (Lipinski definition) is 2. The van der Waals surface area contributed by atoms with Gasteiger partial charge in [-0.25, -0.2) is 9.38 Å². The van der Waals surface area contributed by atoms with E-state index >= 15 is 4.39 Å². The van der Waals surface area contributed by atoms with Gasteiger partial charge in [-0.1, -0.05) is 99.6 Å². The van der Waals surface area contributed by atoms with Crippen molar-refractivity contribution in [3.63, 3.8) is 0 Å². The van der Waals surface area contributed by atoms with Gasteiger partial charge in [0.15, 0.2) is 11.8 Å². The van der Waals surface area contributed by atoms with Crippen LogP contribution in [-0.2, 0) is 28.9 Å². The molecule has 1 unspecified atom stereocenters. The zero-order valence-electron chi connectivity index (χ0n) is 25.8. The summed E-state index contributed by atoms with van der Waals surface area (Å²) in [6.07, 6.45) is 4.10. The summed E-state index contributed by atoms with van der Waals surface area (Å²) in [4.78, 5) is 33.8. The Morgan fingerprint density at radius 3 is 2.18 bits per heavy atom. The molecule has 1 amide bonds. The number of carbonyl (C=O) groups is 2. The summed E-state index contributed by atoms with van der Waals surface area (Å²) < 4.78 is 15.1. The molecule has 0 fully saturated rings. The normalized spacial score (nSPS) is 16.5. The average molecular weight is 593 g/mol. The van der Waals surface area contributed by atoms with Crippen molar-refractivity contribution >= 4 is 17.4 Å². The Labute approximate surface area is 259 Å². The molecule has 0 saturated heterocycles. The molecule has 5 rings (SSSR count). The van der Waals surface area contributed by atoms with Crippen LogP contribution in [0.4, 0.5) is 4.39 Å². The average Bonchev–Trinajstić information content (AvgIpc) is 3.35. The van der Waals surface area contributed by atoms with Gasteiger partial charge in [-0.2, -0.15) is 0 Å². The van der Waals surface area contributed by atoms with E-state index in [0.717, 1.165) is 42.8 Å². The highest BCUT2D eigenvalue weighted by Crippen LogP contribution is 2.38. The first-order valence-electron chi connectivity index (χ1n) is 15.4. The van der Waals surface area contributed by atoms with Crippen LogP contribution < -0.4 is 10.6 Å². The molecule has 0 spiro atoms. The summed E-state index contributed by atoms with van der Waals surface area (Å²) in [6.45, 7) is 7.89. The Balaban J connectivity index is 1.43. The molecule has 0 saturated carbocycles. The molecule has 0 bridgehead atoms. The Morgan fingerprint density at radius 1 is 0.886 bits per heavy atom. The number of benzene rings is 3. The Bertz CT molecular complexity index is 1570. The fraction of sp³-hybridized carbons (Fsp3) is 0.324. The molecule has 2 N–H and O–H groups in total. The van der Waals surface area contributed by atoms with Crippen LogP contribution in [0.5, 0.6) is 0 Å². The Kier molecular flexibility index (Phi) is 9.85. The number of hydrogen-bond acceptors (Lipinski definition) is 5.